The first-order valence-electron chi connectivity index (χ1n) is 7.80. The molecule has 25 heavy (non-hydrogen) atoms. The van der Waals surface area contributed by atoms with Gasteiger partial charge >= 0.3 is 88.7 Å². The van der Waals surface area contributed by atoms with Crippen LogP contribution in [0.4, 0.5) is 0 Å². The van der Waals surface area contributed by atoms with Crippen LogP contribution in [0.1, 0.15) is 6.92 Å². The largest absolute Gasteiger partial charge is 1.00 e. The maximum atomic E-state index is 10.9. The van der Waals surface area contributed by atoms with Gasteiger partial charge in [-0.1, -0.05) is 0 Å². The second kappa shape index (κ2) is 18.3. The van der Waals surface area contributed by atoms with Crippen molar-refractivity contribution in [3.63, 3.8) is 0 Å². The van der Waals surface area contributed by atoms with E-state index in [1.54, 1.807) is 6.92 Å². The molecule has 0 bridgehead atoms. The molecule has 1 aliphatic heterocycles. The van der Waals surface area contributed by atoms with Crippen molar-refractivity contribution in [2.24, 2.45) is 0 Å². The molecule has 0 saturated carbocycles. The number of carbonyl (C=O) groups is 1. The third-order valence-corrected chi connectivity index (χ3v) is 3.80. The Morgan fingerprint density at radius 1 is 0.920 bits per heavy atom. The van der Waals surface area contributed by atoms with Crippen LogP contribution in [0.25, 0.3) is 0 Å². The van der Waals surface area contributed by atoms with Crippen LogP contribution in [0.2, 0.25) is 0 Å². The minimum absolute atomic E-state index is 0. The normalized spacial score (nSPS) is 20.8. The van der Waals surface area contributed by atoms with E-state index < -0.39 is 12.1 Å². The summed E-state index contributed by atoms with van der Waals surface area (Å²) in [6.45, 7) is 8.16. The maximum Gasteiger partial charge on any atom is 1.00 e. The Morgan fingerprint density at radius 3 is 1.72 bits per heavy atom. The van der Waals surface area contributed by atoms with Crippen LogP contribution in [0.5, 0.6) is 0 Å². The van der Waals surface area contributed by atoms with Crippen LogP contribution >= 0.6 is 0 Å². The first-order chi connectivity index (χ1) is 10.4. The van der Waals surface area contributed by atoms with Crippen molar-refractivity contribution in [2.45, 2.75) is 13.0 Å². The molecule has 7 nitrogen and oxygen atoms in total. The van der Waals surface area contributed by atoms with E-state index in [1.165, 1.54) is 0 Å². The topological polar surface area (TPSA) is 73.3 Å². The van der Waals surface area contributed by atoms with E-state index in [2.05, 4.69) is 19.0 Å². The molecule has 1 fully saturated rings. The number of β-amino-alcohol motifs (C(OH)–C–C–N with tert-alkyl or cyclic N) is 1. The number of carboxylic acid groups (broad SMARTS) is 1. The van der Waals surface area contributed by atoms with Crippen LogP contribution in [-0.4, -0.2) is 102 Å². The summed E-state index contributed by atoms with van der Waals surface area (Å²) >= 11 is 0. The molecule has 0 aliphatic carbocycles. The van der Waals surface area contributed by atoms with Crippen molar-refractivity contribution in [1.82, 2.24) is 19.6 Å². The van der Waals surface area contributed by atoms with E-state index in [4.69, 9.17) is 0 Å². The Morgan fingerprint density at radius 2 is 1.28 bits per heavy atom. The van der Waals surface area contributed by atoms with Crippen molar-refractivity contribution >= 4 is 5.97 Å². The molecule has 10 heteroatoms. The van der Waals surface area contributed by atoms with Crippen LogP contribution in [0.3, 0.4) is 0 Å². The predicted molar refractivity (Wildman–Crippen MR) is 83.4 cm³/mol. The molecule has 1 N–H and O–H groups in total. The van der Waals surface area contributed by atoms with Gasteiger partial charge in [0.05, 0.1) is 12.1 Å². The van der Waals surface area contributed by atoms with Gasteiger partial charge in [0.15, 0.2) is 0 Å². The monoisotopic (exact) mass is 382 g/mol. The summed E-state index contributed by atoms with van der Waals surface area (Å²) in [5, 5.41) is 20.5. The molecule has 1 rings (SSSR count). The zero-order chi connectivity index (χ0) is 16.5. The summed E-state index contributed by atoms with van der Waals surface area (Å²) in [4.78, 5) is 18.8. The average Bonchev–Trinajstić information content (AvgIpc) is 2.42. The van der Waals surface area contributed by atoms with Crippen molar-refractivity contribution < 1.29 is 104 Å². The zero-order valence-corrected chi connectivity index (χ0v) is 22.6. The summed E-state index contributed by atoms with van der Waals surface area (Å²) in [5.41, 5.74) is 0. The molecule has 0 spiro atoms. The Bertz CT molecular complexity index is 341. The van der Waals surface area contributed by atoms with Crippen LogP contribution in [0.15, 0.2) is 0 Å². The first-order valence-corrected chi connectivity index (χ1v) is 7.80. The molecule has 0 amide bonds. The maximum absolute atomic E-state index is 10.9. The molecule has 1 saturated heterocycles. The fraction of sp³-hybridized carbons (Fsp3) is 0.800. The second-order valence-corrected chi connectivity index (χ2v) is 6.03. The minimum atomic E-state index is -1.06. The predicted octanol–water partition coefficient (Wildman–Crippen LogP) is -11.1. The van der Waals surface area contributed by atoms with E-state index in [-0.39, 0.29) is 95.2 Å². The van der Waals surface area contributed by atoms with Gasteiger partial charge in [-0.05, 0) is 33.1 Å². The molecule has 0 aromatic heterocycles. The van der Waals surface area contributed by atoms with Gasteiger partial charge in [0.2, 0.25) is 0 Å². The van der Waals surface area contributed by atoms with Crippen molar-refractivity contribution in [1.29, 1.82) is 0 Å². The standard InChI is InChI=1S/C15H30N4O3.3Na/c1-14(20)12-18-8-6-16(2)4-5-17(3)7-9-19(11-10-18)13-15(21)22;;;/h14,20H,2-13H2,1H3,(H,21,22);;;/q-2;3*+1/p-1. The van der Waals surface area contributed by atoms with E-state index in [0.29, 0.717) is 32.7 Å². The van der Waals surface area contributed by atoms with Gasteiger partial charge in [-0.2, -0.15) is 0 Å². The van der Waals surface area contributed by atoms with Crippen molar-refractivity contribution in [2.75, 3.05) is 65.4 Å². The van der Waals surface area contributed by atoms with Crippen LogP contribution in [0, 0.1) is 14.1 Å². The quantitative estimate of drug-likeness (QED) is 0.382. The molecule has 1 unspecified atom stereocenters. The Hall–Kier alpha value is 2.27. The van der Waals surface area contributed by atoms with Crippen molar-refractivity contribution in [3.05, 3.63) is 14.1 Å². The smallest absolute Gasteiger partial charge is 0.549 e. The van der Waals surface area contributed by atoms with Gasteiger partial charge in [-0.3, -0.25) is 23.9 Å². The van der Waals surface area contributed by atoms with E-state index in [1.807, 2.05) is 14.7 Å². The molecule has 0 aromatic carbocycles. The van der Waals surface area contributed by atoms with E-state index >= 15 is 0 Å². The molecular formula is C15H29N4Na3O3. The Kier molecular flexibility index (Phi) is 23.4. The molecule has 1 atom stereocenters. The van der Waals surface area contributed by atoms with Gasteiger partial charge in [0.25, 0.3) is 0 Å². The van der Waals surface area contributed by atoms with Gasteiger partial charge < -0.3 is 24.8 Å². The number of aliphatic carboxylic acids is 1. The third-order valence-electron chi connectivity index (χ3n) is 3.80. The molecule has 0 radical (unpaired) electrons. The van der Waals surface area contributed by atoms with E-state index in [9.17, 15) is 15.0 Å². The third kappa shape index (κ3) is 16.9. The van der Waals surface area contributed by atoms with Crippen molar-refractivity contribution in [3.8, 4) is 0 Å². The first kappa shape index (κ1) is 31.9. The molecule has 1 aliphatic rings. The van der Waals surface area contributed by atoms with Gasteiger partial charge in [0.1, 0.15) is 0 Å². The fourth-order valence-corrected chi connectivity index (χ4v) is 2.48. The summed E-state index contributed by atoms with van der Waals surface area (Å²) < 4.78 is 0. The number of aliphatic hydroxyl groups excluding tert-OH is 1. The van der Waals surface area contributed by atoms with Crippen LogP contribution in [-0.2, 0) is 4.79 Å². The summed E-state index contributed by atoms with van der Waals surface area (Å²) in [7, 11) is 7.99. The van der Waals surface area contributed by atoms with E-state index in [0.717, 1.165) is 26.2 Å². The number of hydrogen-bond donors (Lipinski definition) is 1. The molecule has 1 heterocycles. The SMILES string of the molecule is [CH2-]N1CCN([CH2-])CCN(CC(C)O)CCN(CC(=O)[O-])CC1.[Na+].[Na+].[Na+]. The van der Waals surface area contributed by atoms with Gasteiger partial charge in [-0.15, -0.1) is 0 Å². The van der Waals surface area contributed by atoms with Gasteiger partial charge in [-0.25, -0.2) is 0 Å². The summed E-state index contributed by atoms with van der Waals surface area (Å²) in [6.07, 6.45) is -0.406. The number of carboxylic acids is 1. The number of hydrogen-bond acceptors (Lipinski definition) is 7. The molecule has 130 valence electrons. The van der Waals surface area contributed by atoms with Crippen LogP contribution < -0.4 is 93.8 Å². The fourth-order valence-electron chi connectivity index (χ4n) is 2.48. The number of aliphatic hydroxyl groups is 1. The molecule has 0 aromatic rings. The molecular weight excluding hydrogens is 353 g/mol. The minimum Gasteiger partial charge on any atom is -0.549 e. The summed E-state index contributed by atoms with van der Waals surface area (Å²) in [5.74, 6) is -1.06. The second-order valence-electron chi connectivity index (χ2n) is 6.03. The Balaban J connectivity index is -0.00000161. The Labute approximate surface area is 219 Å². The average molecular weight is 382 g/mol. The number of rotatable bonds is 4. The number of carbonyl (C=O) groups excluding carboxylic acids is 1. The van der Waals surface area contributed by atoms with Gasteiger partial charge in [0, 0.05) is 39.3 Å². The zero-order valence-electron chi connectivity index (χ0n) is 16.6. The summed E-state index contributed by atoms with van der Waals surface area (Å²) in [6, 6.07) is 0. The number of nitrogens with zero attached hydrogens (tertiary/aromatic N) is 4.